The van der Waals surface area contributed by atoms with Gasteiger partial charge >= 0.3 is 0 Å². The highest BCUT2D eigenvalue weighted by molar-refractivity contribution is 5.85. The fraction of sp³-hybridized carbons (Fsp3) is 0.292. The molecule has 1 N–H and O–H groups in total. The van der Waals surface area contributed by atoms with Crippen LogP contribution in [0.3, 0.4) is 0 Å². The molecule has 4 rings (SSSR count). The van der Waals surface area contributed by atoms with E-state index in [0.717, 1.165) is 43.3 Å². The molecule has 1 saturated heterocycles. The first kappa shape index (κ1) is 25.0. The van der Waals surface area contributed by atoms with Gasteiger partial charge in [0.2, 0.25) is 0 Å². The van der Waals surface area contributed by atoms with Crippen molar-refractivity contribution in [3.8, 4) is 16.9 Å². The van der Waals surface area contributed by atoms with Gasteiger partial charge in [-0.2, -0.15) is 0 Å². The maximum absolute atomic E-state index is 10.4. The fourth-order valence-electron chi connectivity index (χ4n) is 3.62. The van der Waals surface area contributed by atoms with Gasteiger partial charge in [-0.25, -0.2) is 4.98 Å². The number of rotatable bonds is 7. The Labute approximate surface area is 196 Å². The number of benzene rings is 2. The van der Waals surface area contributed by atoms with Crippen LogP contribution in [0.4, 0.5) is 5.82 Å². The first-order valence-electron chi connectivity index (χ1n) is 10.1. The van der Waals surface area contributed by atoms with E-state index in [1.54, 1.807) is 0 Å². The van der Waals surface area contributed by atoms with E-state index >= 15 is 0 Å². The quantitative estimate of drug-likeness (QED) is 0.572. The van der Waals surface area contributed by atoms with Gasteiger partial charge in [0, 0.05) is 38.9 Å². The van der Waals surface area contributed by atoms with E-state index in [-0.39, 0.29) is 24.8 Å². The fourth-order valence-corrected chi connectivity index (χ4v) is 3.62. The minimum absolute atomic E-state index is 0. The first-order chi connectivity index (χ1) is 14.3. The van der Waals surface area contributed by atoms with Crippen molar-refractivity contribution >= 4 is 30.6 Å². The van der Waals surface area contributed by atoms with Gasteiger partial charge in [-0.1, -0.05) is 48.5 Å². The van der Waals surface area contributed by atoms with E-state index in [4.69, 9.17) is 4.74 Å². The molecular weight excluding hydrogens is 433 g/mol. The summed E-state index contributed by atoms with van der Waals surface area (Å²) in [5, 5.41) is 10.4. The summed E-state index contributed by atoms with van der Waals surface area (Å²) in [6, 6.07) is 24.3. The summed E-state index contributed by atoms with van der Waals surface area (Å²) in [6.45, 7) is 4.60. The standard InChI is InChI=1S/C24H27N3O2.2ClH/c28-22(18-26-14-16-27(17-15-26)24-8-4-5-13-25-24)19-29-23-11-9-21(10-12-23)20-6-2-1-3-7-20;;/h1-13,22,28H,14-19H2;2*1H. The number of halogens is 2. The number of aliphatic hydroxyl groups excluding tert-OH is 1. The number of hydrogen-bond donors (Lipinski definition) is 1. The molecular formula is C24H29Cl2N3O2. The molecule has 1 aliphatic rings. The molecule has 2 aromatic carbocycles. The van der Waals surface area contributed by atoms with Crippen molar-refractivity contribution in [3.05, 3.63) is 79.0 Å². The van der Waals surface area contributed by atoms with Crippen molar-refractivity contribution in [2.24, 2.45) is 0 Å². The van der Waals surface area contributed by atoms with Crippen molar-refractivity contribution in [1.29, 1.82) is 0 Å². The molecule has 1 unspecified atom stereocenters. The number of hydrogen-bond acceptors (Lipinski definition) is 5. The van der Waals surface area contributed by atoms with Crippen LogP contribution >= 0.6 is 24.8 Å². The molecule has 0 bridgehead atoms. The number of aliphatic hydroxyl groups is 1. The molecule has 166 valence electrons. The SMILES string of the molecule is Cl.Cl.OC(COc1ccc(-c2ccccc2)cc1)CN1CCN(c2ccccn2)CC1. The summed E-state index contributed by atoms with van der Waals surface area (Å²) in [5.74, 6) is 1.80. The number of piperazine rings is 1. The van der Waals surface area contributed by atoms with Crippen LogP contribution in [-0.4, -0.2) is 60.4 Å². The van der Waals surface area contributed by atoms with Crippen LogP contribution in [0.15, 0.2) is 79.0 Å². The average molecular weight is 462 g/mol. The van der Waals surface area contributed by atoms with Gasteiger partial charge in [0.25, 0.3) is 0 Å². The van der Waals surface area contributed by atoms with E-state index in [9.17, 15) is 5.11 Å². The molecule has 2 heterocycles. The lowest BCUT2D eigenvalue weighted by atomic mass is 10.1. The third-order valence-electron chi connectivity index (χ3n) is 5.22. The Morgan fingerprint density at radius 3 is 2.10 bits per heavy atom. The second-order valence-electron chi connectivity index (χ2n) is 7.33. The molecule has 0 saturated carbocycles. The van der Waals surface area contributed by atoms with Crippen molar-refractivity contribution < 1.29 is 9.84 Å². The first-order valence-corrected chi connectivity index (χ1v) is 10.1. The number of nitrogens with zero attached hydrogens (tertiary/aromatic N) is 3. The van der Waals surface area contributed by atoms with E-state index in [1.165, 1.54) is 5.56 Å². The largest absolute Gasteiger partial charge is 0.491 e. The number of anilines is 1. The number of β-amino-alcohol motifs (C(OH)–C–C–N with tert-alkyl or cyclic N) is 1. The topological polar surface area (TPSA) is 48.8 Å². The van der Waals surface area contributed by atoms with Crippen molar-refractivity contribution in [2.45, 2.75) is 6.10 Å². The third-order valence-corrected chi connectivity index (χ3v) is 5.22. The lowest BCUT2D eigenvalue weighted by Crippen LogP contribution is -2.49. The minimum atomic E-state index is -0.509. The zero-order valence-corrected chi connectivity index (χ0v) is 19.0. The van der Waals surface area contributed by atoms with Crippen molar-refractivity contribution in [3.63, 3.8) is 0 Å². The highest BCUT2D eigenvalue weighted by Gasteiger charge is 2.20. The monoisotopic (exact) mass is 461 g/mol. The van der Waals surface area contributed by atoms with Crippen LogP contribution in [0.5, 0.6) is 5.75 Å². The second-order valence-corrected chi connectivity index (χ2v) is 7.33. The highest BCUT2D eigenvalue weighted by atomic mass is 35.5. The summed E-state index contributed by atoms with van der Waals surface area (Å²) in [6.07, 6.45) is 1.32. The highest BCUT2D eigenvalue weighted by Crippen LogP contribution is 2.22. The molecule has 1 fully saturated rings. The molecule has 0 amide bonds. The Bertz CT molecular complexity index is 874. The smallest absolute Gasteiger partial charge is 0.128 e. The molecule has 3 aromatic rings. The van der Waals surface area contributed by atoms with E-state index in [1.807, 2.05) is 66.9 Å². The number of pyridine rings is 1. The predicted molar refractivity (Wildman–Crippen MR) is 131 cm³/mol. The van der Waals surface area contributed by atoms with E-state index in [0.29, 0.717) is 13.2 Å². The number of aromatic nitrogens is 1. The van der Waals surface area contributed by atoms with Gasteiger partial charge < -0.3 is 14.7 Å². The minimum Gasteiger partial charge on any atom is -0.491 e. The van der Waals surface area contributed by atoms with Gasteiger partial charge in [-0.3, -0.25) is 4.90 Å². The summed E-state index contributed by atoms with van der Waals surface area (Å²) in [7, 11) is 0. The Morgan fingerprint density at radius 1 is 0.806 bits per heavy atom. The van der Waals surface area contributed by atoms with Crippen LogP contribution in [-0.2, 0) is 0 Å². The van der Waals surface area contributed by atoms with Gasteiger partial charge in [0.1, 0.15) is 24.3 Å². The lowest BCUT2D eigenvalue weighted by molar-refractivity contribution is 0.0662. The maximum Gasteiger partial charge on any atom is 0.128 e. The summed E-state index contributed by atoms with van der Waals surface area (Å²) in [5.41, 5.74) is 2.34. The van der Waals surface area contributed by atoms with Crippen LogP contribution in [0.1, 0.15) is 0 Å². The Hall–Kier alpha value is -2.31. The molecule has 5 nitrogen and oxygen atoms in total. The Balaban J connectivity index is 0.00000171. The Kier molecular flexibility index (Phi) is 10.1. The van der Waals surface area contributed by atoms with Crippen LogP contribution < -0.4 is 9.64 Å². The Morgan fingerprint density at radius 2 is 1.45 bits per heavy atom. The van der Waals surface area contributed by atoms with Crippen LogP contribution in [0, 0.1) is 0 Å². The lowest BCUT2D eigenvalue weighted by Gasteiger charge is -2.36. The molecule has 0 spiro atoms. The normalized spacial score (nSPS) is 14.8. The maximum atomic E-state index is 10.4. The van der Waals surface area contributed by atoms with Gasteiger partial charge in [0.15, 0.2) is 0 Å². The summed E-state index contributed by atoms with van der Waals surface area (Å²) >= 11 is 0. The van der Waals surface area contributed by atoms with E-state index in [2.05, 4.69) is 26.9 Å². The zero-order chi connectivity index (χ0) is 19.9. The van der Waals surface area contributed by atoms with Crippen molar-refractivity contribution in [2.75, 3.05) is 44.2 Å². The van der Waals surface area contributed by atoms with E-state index < -0.39 is 6.10 Å². The number of ether oxygens (including phenoxy) is 1. The van der Waals surface area contributed by atoms with Crippen LogP contribution in [0.25, 0.3) is 11.1 Å². The summed E-state index contributed by atoms with van der Waals surface area (Å²) in [4.78, 5) is 8.98. The molecule has 1 aliphatic heterocycles. The molecule has 31 heavy (non-hydrogen) atoms. The summed E-state index contributed by atoms with van der Waals surface area (Å²) < 4.78 is 5.79. The molecule has 0 aliphatic carbocycles. The second kappa shape index (κ2) is 12.5. The molecule has 1 aromatic heterocycles. The van der Waals surface area contributed by atoms with Crippen LogP contribution in [0.2, 0.25) is 0 Å². The average Bonchev–Trinajstić information content (AvgIpc) is 2.80. The van der Waals surface area contributed by atoms with Gasteiger partial charge in [-0.15, -0.1) is 24.8 Å². The molecule has 7 heteroatoms. The van der Waals surface area contributed by atoms with Gasteiger partial charge in [-0.05, 0) is 35.4 Å². The predicted octanol–water partition coefficient (Wildman–Crippen LogP) is 4.15. The van der Waals surface area contributed by atoms with Crippen molar-refractivity contribution in [1.82, 2.24) is 9.88 Å². The van der Waals surface area contributed by atoms with Gasteiger partial charge in [0.05, 0.1) is 0 Å². The molecule has 1 atom stereocenters. The molecule has 0 radical (unpaired) electrons. The third kappa shape index (κ3) is 7.11. The zero-order valence-electron chi connectivity index (χ0n) is 17.3.